The molecule has 6 nitrogen and oxygen atoms in total. The van der Waals surface area contributed by atoms with Crippen LogP contribution in [0.2, 0.25) is 0 Å². The number of thioether (sulfide) groups is 1. The molecule has 1 heterocycles. The number of anilines is 1. The summed E-state index contributed by atoms with van der Waals surface area (Å²) in [7, 11) is 0. The summed E-state index contributed by atoms with van der Waals surface area (Å²) in [4.78, 5) is 15.8. The molecule has 1 aromatic heterocycles. The van der Waals surface area contributed by atoms with Gasteiger partial charge in [-0.2, -0.15) is 4.98 Å². The third-order valence-corrected chi connectivity index (χ3v) is 2.97. The highest BCUT2D eigenvalue weighted by atomic mass is 32.2. The second-order valence-electron chi connectivity index (χ2n) is 4.55. The predicted molar refractivity (Wildman–Crippen MR) is 66.6 cm³/mol. The number of aromatic amines is 1. The number of nitrogen functional groups attached to an aromatic ring is 1. The summed E-state index contributed by atoms with van der Waals surface area (Å²) in [5.41, 5.74) is 4.93. The van der Waals surface area contributed by atoms with Gasteiger partial charge in [-0.1, -0.05) is 18.7 Å². The Kier molecular flexibility index (Phi) is 4.39. The zero-order valence-electron chi connectivity index (χ0n) is 10.5. The minimum atomic E-state index is -0.483. The van der Waals surface area contributed by atoms with Crippen molar-refractivity contribution < 1.29 is 9.53 Å². The first-order chi connectivity index (χ1) is 7.81. The Bertz CT molecular complexity index is 386. The van der Waals surface area contributed by atoms with Gasteiger partial charge in [0, 0.05) is 0 Å². The monoisotopic (exact) mass is 258 g/mol. The van der Waals surface area contributed by atoms with E-state index in [2.05, 4.69) is 15.2 Å². The van der Waals surface area contributed by atoms with E-state index in [9.17, 15) is 4.79 Å². The highest BCUT2D eigenvalue weighted by molar-refractivity contribution is 8.00. The zero-order valence-corrected chi connectivity index (χ0v) is 11.3. The van der Waals surface area contributed by atoms with Gasteiger partial charge >= 0.3 is 5.97 Å². The van der Waals surface area contributed by atoms with E-state index in [-0.39, 0.29) is 17.2 Å². The fraction of sp³-hybridized carbons (Fsp3) is 0.700. The average Bonchev–Trinajstić information content (AvgIpc) is 2.57. The minimum absolute atomic E-state index is 0.242. The number of rotatable bonds is 4. The van der Waals surface area contributed by atoms with Crippen molar-refractivity contribution in [2.24, 2.45) is 0 Å². The highest BCUT2D eigenvalue weighted by Gasteiger charge is 2.25. The smallest absolute Gasteiger partial charge is 0.320 e. The van der Waals surface area contributed by atoms with Crippen molar-refractivity contribution in [1.29, 1.82) is 0 Å². The summed E-state index contributed by atoms with van der Waals surface area (Å²) in [6.07, 6.45) is 0.647. The minimum Gasteiger partial charge on any atom is -0.459 e. The van der Waals surface area contributed by atoms with Gasteiger partial charge in [0.15, 0.2) is 0 Å². The van der Waals surface area contributed by atoms with Crippen LogP contribution in [0.3, 0.4) is 0 Å². The van der Waals surface area contributed by atoms with Gasteiger partial charge in [-0.15, -0.1) is 5.10 Å². The van der Waals surface area contributed by atoms with Crippen molar-refractivity contribution in [2.75, 3.05) is 5.73 Å². The van der Waals surface area contributed by atoms with Crippen LogP contribution in [0.1, 0.15) is 34.1 Å². The molecule has 0 aliphatic carbocycles. The lowest BCUT2D eigenvalue weighted by atomic mass is 10.2. The van der Waals surface area contributed by atoms with Crippen LogP contribution in [0, 0.1) is 0 Å². The molecule has 0 saturated heterocycles. The number of nitrogens with two attached hydrogens (primary N) is 1. The van der Waals surface area contributed by atoms with Crippen molar-refractivity contribution in [2.45, 2.75) is 50.1 Å². The Morgan fingerprint density at radius 3 is 2.65 bits per heavy atom. The van der Waals surface area contributed by atoms with Crippen LogP contribution in [0.25, 0.3) is 0 Å². The molecule has 1 rings (SSSR count). The maximum Gasteiger partial charge on any atom is 0.320 e. The van der Waals surface area contributed by atoms with Crippen LogP contribution in [-0.2, 0) is 9.53 Å². The number of carbonyl (C=O) groups is 1. The molecule has 0 aromatic carbocycles. The number of carbonyl (C=O) groups excluding carboxylic acids is 1. The molecule has 0 fully saturated rings. The van der Waals surface area contributed by atoms with Crippen LogP contribution in [0.4, 0.5) is 5.95 Å². The van der Waals surface area contributed by atoms with Crippen LogP contribution in [0.5, 0.6) is 0 Å². The lowest BCUT2D eigenvalue weighted by molar-refractivity contribution is -0.154. The predicted octanol–water partition coefficient (Wildman–Crippen LogP) is 1.60. The third-order valence-electron chi connectivity index (χ3n) is 1.77. The number of nitrogens with one attached hydrogen (secondary N) is 1. The molecule has 0 bridgehead atoms. The van der Waals surface area contributed by atoms with Gasteiger partial charge in [-0.25, -0.2) is 5.10 Å². The molecular formula is C10H18N4O2S. The first kappa shape index (κ1) is 13.8. The number of ether oxygens (including phenoxy) is 1. The van der Waals surface area contributed by atoms with Gasteiger partial charge in [0.1, 0.15) is 10.9 Å². The maximum absolute atomic E-state index is 11.9. The maximum atomic E-state index is 11.9. The topological polar surface area (TPSA) is 93.9 Å². The van der Waals surface area contributed by atoms with Crippen molar-refractivity contribution >= 4 is 23.7 Å². The summed E-state index contributed by atoms with van der Waals surface area (Å²) in [5, 5.41) is 6.55. The Balaban J connectivity index is 2.62. The summed E-state index contributed by atoms with van der Waals surface area (Å²) < 4.78 is 5.31. The Morgan fingerprint density at radius 1 is 1.59 bits per heavy atom. The van der Waals surface area contributed by atoms with E-state index in [1.54, 1.807) is 0 Å². The molecule has 0 saturated carbocycles. The van der Waals surface area contributed by atoms with E-state index in [1.807, 2.05) is 27.7 Å². The van der Waals surface area contributed by atoms with Crippen LogP contribution >= 0.6 is 11.8 Å². The van der Waals surface area contributed by atoms with E-state index in [1.165, 1.54) is 11.8 Å². The molecule has 0 aliphatic rings. The molecule has 3 N–H and O–H groups in total. The van der Waals surface area contributed by atoms with Gasteiger partial charge in [0.05, 0.1) is 0 Å². The van der Waals surface area contributed by atoms with E-state index >= 15 is 0 Å². The summed E-state index contributed by atoms with van der Waals surface area (Å²) >= 11 is 1.25. The summed E-state index contributed by atoms with van der Waals surface area (Å²) in [6, 6.07) is 0. The third kappa shape index (κ3) is 4.64. The lowest BCUT2D eigenvalue weighted by Gasteiger charge is -2.22. The largest absolute Gasteiger partial charge is 0.459 e. The van der Waals surface area contributed by atoms with Gasteiger partial charge < -0.3 is 10.5 Å². The number of nitrogens with zero attached hydrogens (tertiary/aromatic N) is 2. The van der Waals surface area contributed by atoms with E-state index in [4.69, 9.17) is 10.5 Å². The van der Waals surface area contributed by atoms with Gasteiger partial charge in [0.25, 0.3) is 0 Å². The fourth-order valence-electron chi connectivity index (χ4n) is 1.10. The SMILES string of the molecule is CCC(Sc1n[nH]c(N)n1)C(=O)OC(C)(C)C. The molecule has 1 unspecified atom stereocenters. The average molecular weight is 258 g/mol. The van der Waals surface area contributed by atoms with E-state index in [0.29, 0.717) is 11.6 Å². The molecule has 1 aromatic rings. The zero-order chi connectivity index (χ0) is 13.1. The number of H-pyrrole nitrogens is 1. The Labute approximate surface area is 105 Å². The molecule has 7 heteroatoms. The quantitative estimate of drug-likeness (QED) is 0.629. The van der Waals surface area contributed by atoms with E-state index in [0.717, 1.165) is 0 Å². The molecule has 1 atom stereocenters. The Morgan fingerprint density at radius 2 is 2.24 bits per heavy atom. The van der Waals surface area contributed by atoms with E-state index < -0.39 is 5.60 Å². The molecule has 0 aliphatic heterocycles. The molecule has 0 radical (unpaired) electrons. The first-order valence-corrected chi connectivity index (χ1v) is 6.27. The van der Waals surface area contributed by atoms with Crippen LogP contribution < -0.4 is 5.73 Å². The number of hydrogen-bond donors (Lipinski definition) is 2. The summed E-state index contributed by atoms with van der Waals surface area (Å²) in [6.45, 7) is 7.44. The molecule has 0 spiro atoms. The second kappa shape index (κ2) is 5.39. The van der Waals surface area contributed by atoms with Crippen molar-refractivity contribution in [3.63, 3.8) is 0 Å². The van der Waals surface area contributed by atoms with Gasteiger partial charge in [-0.05, 0) is 27.2 Å². The van der Waals surface area contributed by atoms with Crippen LogP contribution in [-0.4, -0.2) is 32.0 Å². The second-order valence-corrected chi connectivity index (χ2v) is 5.72. The Hall–Kier alpha value is -1.24. The molecular weight excluding hydrogens is 240 g/mol. The lowest BCUT2D eigenvalue weighted by Crippen LogP contribution is -2.30. The normalized spacial score (nSPS) is 13.4. The summed E-state index contributed by atoms with van der Waals surface area (Å²) in [5.74, 6) is -0.0140. The van der Waals surface area contributed by atoms with Crippen molar-refractivity contribution in [3.8, 4) is 0 Å². The van der Waals surface area contributed by atoms with Crippen molar-refractivity contribution in [3.05, 3.63) is 0 Å². The molecule has 17 heavy (non-hydrogen) atoms. The molecule has 96 valence electrons. The van der Waals surface area contributed by atoms with Gasteiger partial charge in [-0.3, -0.25) is 4.79 Å². The molecule has 0 amide bonds. The standard InChI is InChI=1S/C10H18N4O2S/c1-5-6(7(15)16-10(2,3)4)17-9-12-8(11)13-14-9/h6H,5H2,1-4H3,(H3,11,12,13,14). The number of hydrogen-bond acceptors (Lipinski definition) is 6. The van der Waals surface area contributed by atoms with Gasteiger partial charge in [0.2, 0.25) is 11.1 Å². The highest BCUT2D eigenvalue weighted by Crippen LogP contribution is 2.24. The number of aromatic nitrogens is 3. The fourth-order valence-corrected chi connectivity index (χ4v) is 1.92. The number of esters is 1. The van der Waals surface area contributed by atoms with Crippen LogP contribution in [0.15, 0.2) is 5.16 Å². The van der Waals surface area contributed by atoms with Crippen molar-refractivity contribution in [1.82, 2.24) is 15.2 Å². The first-order valence-electron chi connectivity index (χ1n) is 5.39.